The number of nitrogens with one attached hydrogen (secondary N) is 1. The number of rotatable bonds is 8. The molecule has 1 N–H and O–H groups in total. The second-order valence-electron chi connectivity index (χ2n) is 9.24. The van der Waals surface area contributed by atoms with Crippen LogP contribution in [0.25, 0.3) is 0 Å². The standard InChI is InChI=1S/C25H25F3N4O7S/c1-2-5-17(30-22(34)15-7-9-16(10-8-15)39-25(26,27)28)23(35)31-13-11-19-21(31)20(33)14-32(19)40(37,38)24(36)18-6-3-4-12-29-18/h3-4,6-10,12,17,19,21H,2,5,11,13-14H2,1H3,(H,30,34). The van der Waals surface area contributed by atoms with E-state index in [9.17, 15) is 40.8 Å². The molecule has 40 heavy (non-hydrogen) atoms. The molecule has 0 bridgehead atoms. The summed E-state index contributed by atoms with van der Waals surface area (Å²) in [4.78, 5) is 56.9. The number of alkyl halides is 3. The molecule has 11 nitrogen and oxygen atoms in total. The van der Waals surface area contributed by atoms with E-state index in [0.717, 1.165) is 28.6 Å². The van der Waals surface area contributed by atoms with Crippen molar-refractivity contribution in [3.63, 3.8) is 0 Å². The average Bonchev–Trinajstić information content (AvgIpc) is 3.49. The number of fused-ring (bicyclic) bond motifs is 1. The van der Waals surface area contributed by atoms with Gasteiger partial charge >= 0.3 is 11.5 Å². The Morgan fingerprint density at radius 2 is 1.85 bits per heavy atom. The Morgan fingerprint density at radius 3 is 2.45 bits per heavy atom. The van der Waals surface area contributed by atoms with Crippen LogP contribution in [0.5, 0.6) is 5.75 Å². The zero-order chi connectivity index (χ0) is 29.2. The average molecular weight is 583 g/mol. The van der Waals surface area contributed by atoms with Crippen LogP contribution in [0.3, 0.4) is 0 Å². The molecule has 2 fully saturated rings. The number of benzene rings is 1. The maximum absolute atomic E-state index is 13.5. The summed E-state index contributed by atoms with van der Waals surface area (Å²) in [5.74, 6) is -2.42. The molecule has 2 saturated heterocycles. The first-order valence-electron chi connectivity index (χ1n) is 12.3. The number of ether oxygens (including phenoxy) is 1. The number of aromatic nitrogens is 1. The van der Waals surface area contributed by atoms with E-state index in [1.54, 1.807) is 6.92 Å². The Labute approximate surface area is 227 Å². The molecule has 3 unspecified atom stereocenters. The fourth-order valence-electron chi connectivity index (χ4n) is 4.86. The summed E-state index contributed by atoms with van der Waals surface area (Å²) in [5.41, 5.74) is -0.321. The van der Waals surface area contributed by atoms with Crippen molar-refractivity contribution in [2.24, 2.45) is 0 Å². The molecule has 15 heteroatoms. The van der Waals surface area contributed by atoms with Crippen molar-refractivity contribution in [2.45, 2.75) is 50.7 Å². The van der Waals surface area contributed by atoms with Crippen LogP contribution in [0.1, 0.15) is 47.0 Å². The highest BCUT2D eigenvalue weighted by Gasteiger charge is 2.55. The van der Waals surface area contributed by atoms with Crippen LogP contribution >= 0.6 is 0 Å². The molecule has 0 saturated carbocycles. The topological polar surface area (TPSA) is 143 Å². The number of halogens is 3. The van der Waals surface area contributed by atoms with Gasteiger partial charge in [0, 0.05) is 18.3 Å². The minimum Gasteiger partial charge on any atom is -0.406 e. The van der Waals surface area contributed by atoms with E-state index < -0.39 is 69.5 Å². The van der Waals surface area contributed by atoms with Crippen LogP contribution in [-0.4, -0.2) is 82.9 Å². The number of ketones is 1. The van der Waals surface area contributed by atoms with Gasteiger partial charge in [-0.05, 0) is 49.2 Å². The maximum atomic E-state index is 13.5. The largest absolute Gasteiger partial charge is 0.573 e. The van der Waals surface area contributed by atoms with Crippen LogP contribution in [0.2, 0.25) is 0 Å². The number of likely N-dealkylation sites (tertiary alicyclic amines) is 1. The van der Waals surface area contributed by atoms with E-state index >= 15 is 0 Å². The fraction of sp³-hybridized carbons (Fsp3) is 0.400. The number of pyridine rings is 1. The lowest BCUT2D eigenvalue weighted by molar-refractivity contribution is -0.274. The van der Waals surface area contributed by atoms with Crippen LogP contribution in [0.15, 0.2) is 48.7 Å². The second-order valence-corrected chi connectivity index (χ2v) is 11.0. The van der Waals surface area contributed by atoms with Gasteiger partial charge < -0.3 is 15.0 Å². The van der Waals surface area contributed by atoms with Crippen molar-refractivity contribution in [1.82, 2.24) is 19.5 Å². The molecule has 3 heterocycles. The van der Waals surface area contributed by atoms with Crippen molar-refractivity contribution < 1.29 is 45.5 Å². The first-order chi connectivity index (χ1) is 18.8. The minimum atomic E-state index is -4.89. The summed E-state index contributed by atoms with van der Waals surface area (Å²) in [5, 5.41) is 1.30. The number of amides is 2. The Hall–Kier alpha value is -3.85. The molecule has 0 radical (unpaired) electrons. The summed E-state index contributed by atoms with van der Waals surface area (Å²) in [6.45, 7) is 1.20. The summed E-state index contributed by atoms with van der Waals surface area (Å²) in [6.07, 6.45) is -2.88. The van der Waals surface area contributed by atoms with Gasteiger partial charge in [-0.2, -0.15) is 4.31 Å². The highest BCUT2D eigenvalue weighted by Crippen LogP contribution is 2.33. The van der Waals surface area contributed by atoms with Gasteiger partial charge in [0.2, 0.25) is 5.91 Å². The van der Waals surface area contributed by atoms with Crippen LogP contribution in [0.4, 0.5) is 13.2 Å². The van der Waals surface area contributed by atoms with Gasteiger partial charge in [-0.25, -0.2) is 8.42 Å². The number of Topliss-reactive ketones (excluding diaryl/α,β-unsaturated/α-hetero) is 1. The monoisotopic (exact) mass is 582 g/mol. The maximum Gasteiger partial charge on any atom is 0.573 e. The van der Waals surface area contributed by atoms with Crippen LogP contribution in [0, 0.1) is 0 Å². The van der Waals surface area contributed by atoms with Gasteiger partial charge in [-0.1, -0.05) is 19.4 Å². The quantitative estimate of drug-likeness (QED) is 0.497. The number of hydrogen-bond acceptors (Lipinski definition) is 8. The van der Waals surface area contributed by atoms with E-state index in [1.807, 2.05) is 0 Å². The van der Waals surface area contributed by atoms with E-state index in [2.05, 4.69) is 15.0 Å². The predicted octanol–water partition coefficient (Wildman–Crippen LogP) is 1.90. The van der Waals surface area contributed by atoms with Gasteiger partial charge in [-0.15, -0.1) is 13.2 Å². The van der Waals surface area contributed by atoms with Crippen molar-refractivity contribution >= 4 is 32.7 Å². The van der Waals surface area contributed by atoms with Gasteiger partial charge in [0.25, 0.3) is 15.9 Å². The number of carbonyl (C=O) groups is 4. The van der Waals surface area contributed by atoms with Crippen LogP contribution in [-0.2, 0) is 19.6 Å². The predicted molar refractivity (Wildman–Crippen MR) is 132 cm³/mol. The lowest BCUT2D eigenvalue weighted by Crippen LogP contribution is -2.52. The smallest absolute Gasteiger partial charge is 0.406 e. The molecule has 2 aromatic rings. The third-order valence-corrected chi connectivity index (χ3v) is 8.30. The summed E-state index contributed by atoms with van der Waals surface area (Å²) in [6, 6.07) is 5.19. The Balaban J connectivity index is 1.48. The molecule has 4 rings (SSSR count). The highest BCUT2D eigenvalue weighted by molar-refractivity contribution is 8.04. The summed E-state index contributed by atoms with van der Waals surface area (Å²) in [7, 11) is -4.61. The third kappa shape index (κ3) is 5.99. The van der Waals surface area contributed by atoms with E-state index in [4.69, 9.17) is 0 Å². The van der Waals surface area contributed by atoms with Crippen molar-refractivity contribution in [1.29, 1.82) is 0 Å². The number of carbonyl (C=O) groups excluding carboxylic acids is 4. The Morgan fingerprint density at radius 1 is 1.15 bits per heavy atom. The molecule has 2 aliphatic heterocycles. The SMILES string of the molecule is CCCC(NC(=O)c1ccc(OC(F)(F)F)cc1)C(=O)N1CCC2C1C(=O)CN2S(=O)(=O)C(=O)c1ccccn1. The minimum absolute atomic E-state index is 0.0171. The molecule has 2 amide bonds. The van der Waals surface area contributed by atoms with Gasteiger partial charge in [0.05, 0.1) is 12.6 Å². The molecule has 1 aromatic heterocycles. The number of nitrogens with zero attached hydrogens (tertiary/aromatic N) is 3. The van der Waals surface area contributed by atoms with Gasteiger partial charge in [0.15, 0.2) is 5.78 Å². The second kappa shape index (κ2) is 11.3. The van der Waals surface area contributed by atoms with Gasteiger partial charge in [-0.3, -0.25) is 24.2 Å². The van der Waals surface area contributed by atoms with Crippen molar-refractivity contribution in [2.75, 3.05) is 13.1 Å². The number of sulfonamides is 1. The summed E-state index contributed by atoms with van der Waals surface area (Å²) >= 11 is 0. The lowest BCUT2D eigenvalue weighted by Gasteiger charge is -2.28. The van der Waals surface area contributed by atoms with E-state index in [-0.39, 0.29) is 30.6 Å². The number of hydrogen-bond donors (Lipinski definition) is 1. The molecule has 214 valence electrons. The molecule has 0 aliphatic carbocycles. The first-order valence-corrected chi connectivity index (χ1v) is 13.7. The first kappa shape index (κ1) is 29.1. The Bertz CT molecular complexity index is 1400. The normalized spacial score (nSPS) is 20.2. The molecule has 2 aliphatic rings. The zero-order valence-corrected chi connectivity index (χ0v) is 21.9. The van der Waals surface area contributed by atoms with Crippen molar-refractivity contribution in [3.8, 4) is 5.75 Å². The molecule has 0 spiro atoms. The zero-order valence-electron chi connectivity index (χ0n) is 21.1. The van der Waals surface area contributed by atoms with Crippen molar-refractivity contribution in [3.05, 3.63) is 59.9 Å². The molecular weight excluding hydrogens is 557 g/mol. The van der Waals surface area contributed by atoms with E-state index in [0.29, 0.717) is 6.42 Å². The third-order valence-electron chi connectivity index (χ3n) is 6.61. The van der Waals surface area contributed by atoms with Gasteiger partial charge in [0.1, 0.15) is 23.5 Å². The molecular formula is C25H25F3N4O7S. The molecule has 3 atom stereocenters. The van der Waals surface area contributed by atoms with E-state index in [1.165, 1.54) is 29.3 Å². The molecule has 1 aromatic carbocycles. The Kier molecular flexibility index (Phi) is 8.25. The lowest BCUT2D eigenvalue weighted by atomic mass is 10.1. The van der Waals surface area contributed by atoms with Crippen LogP contribution < -0.4 is 10.1 Å². The summed E-state index contributed by atoms with van der Waals surface area (Å²) < 4.78 is 68.0. The highest BCUT2D eigenvalue weighted by atomic mass is 32.2. The fourth-order valence-corrected chi connectivity index (χ4v) is 6.33.